The lowest BCUT2D eigenvalue weighted by atomic mass is 9.98. The predicted octanol–water partition coefficient (Wildman–Crippen LogP) is 2.65. The minimum atomic E-state index is -2.84. The van der Waals surface area contributed by atoms with Gasteiger partial charge in [0, 0.05) is 11.8 Å². The average Bonchev–Trinajstić information content (AvgIpc) is 2.91. The highest BCUT2D eigenvalue weighted by atomic mass is 32.2. The van der Waals surface area contributed by atoms with Gasteiger partial charge in [0.05, 0.1) is 5.75 Å². The third-order valence-electron chi connectivity index (χ3n) is 4.26. The number of aryl methyl sites for hydroxylation is 2. The number of hydrogen-bond donors (Lipinski definition) is 1. The molecule has 0 saturated carbocycles. The number of benzene rings is 1. The van der Waals surface area contributed by atoms with E-state index in [1.165, 1.54) is 36.0 Å². The summed E-state index contributed by atoms with van der Waals surface area (Å²) in [7, 11) is -0.892. The maximum Gasteiger partial charge on any atom is 0.150 e. The summed E-state index contributed by atoms with van der Waals surface area (Å²) < 4.78 is 23.1. The van der Waals surface area contributed by atoms with Gasteiger partial charge in [-0.25, -0.2) is 8.42 Å². The molecule has 0 bridgehead atoms. The highest BCUT2D eigenvalue weighted by Crippen LogP contribution is 2.27. The normalized spacial score (nSPS) is 16.1. The molecule has 1 aliphatic carbocycles. The Kier molecular flexibility index (Phi) is 5.22. The molecule has 112 valence electrons. The summed E-state index contributed by atoms with van der Waals surface area (Å²) in [4.78, 5) is 0. The van der Waals surface area contributed by atoms with Crippen molar-refractivity contribution in [1.82, 2.24) is 5.32 Å². The first-order chi connectivity index (χ1) is 9.55. The smallest absolute Gasteiger partial charge is 0.150 e. The van der Waals surface area contributed by atoms with Crippen molar-refractivity contribution < 1.29 is 8.42 Å². The fourth-order valence-electron chi connectivity index (χ4n) is 2.94. The topological polar surface area (TPSA) is 46.2 Å². The molecule has 1 aromatic carbocycles. The first-order valence-electron chi connectivity index (χ1n) is 7.55. The summed E-state index contributed by atoms with van der Waals surface area (Å²) in [5, 5.41) is 3.32. The number of sulfone groups is 1. The summed E-state index contributed by atoms with van der Waals surface area (Å²) in [5.74, 6) is 0.544. The van der Waals surface area contributed by atoms with Gasteiger partial charge in [0.2, 0.25) is 0 Å². The summed E-state index contributed by atoms with van der Waals surface area (Å²) >= 11 is 0. The second kappa shape index (κ2) is 6.72. The maximum atomic E-state index is 11.5. The van der Waals surface area contributed by atoms with Crippen LogP contribution in [-0.4, -0.2) is 27.0 Å². The Morgan fingerprint density at radius 1 is 1.25 bits per heavy atom. The number of nitrogens with one attached hydrogen (secondary N) is 1. The van der Waals surface area contributed by atoms with E-state index in [9.17, 15) is 8.42 Å². The molecule has 2 rings (SSSR count). The van der Waals surface area contributed by atoms with Crippen molar-refractivity contribution in [2.45, 2.75) is 45.1 Å². The van der Waals surface area contributed by atoms with Crippen molar-refractivity contribution in [1.29, 1.82) is 0 Å². The second-order valence-corrected chi connectivity index (χ2v) is 8.07. The molecule has 0 amide bonds. The van der Waals surface area contributed by atoms with Gasteiger partial charge in [-0.05, 0) is 55.8 Å². The quantitative estimate of drug-likeness (QED) is 0.841. The molecule has 1 aromatic rings. The summed E-state index contributed by atoms with van der Waals surface area (Å²) in [5.41, 5.74) is 4.25. The minimum absolute atomic E-state index is 0.246. The summed E-state index contributed by atoms with van der Waals surface area (Å²) in [6, 6.07) is 7.00. The van der Waals surface area contributed by atoms with Crippen LogP contribution in [0.5, 0.6) is 0 Å². The molecule has 0 aliphatic heterocycles. The van der Waals surface area contributed by atoms with Crippen LogP contribution in [0.1, 0.15) is 48.9 Å². The van der Waals surface area contributed by atoms with Crippen LogP contribution in [-0.2, 0) is 22.7 Å². The van der Waals surface area contributed by atoms with E-state index in [4.69, 9.17) is 0 Å². The molecule has 20 heavy (non-hydrogen) atoms. The summed E-state index contributed by atoms with van der Waals surface area (Å²) in [6.07, 6.45) is 5.24. The average molecular weight is 295 g/mol. The fraction of sp³-hybridized carbons (Fsp3) is 0.625. The Morgan fingerprint density at radius 2 is 2.00 bits per heavy atom. The van der Waals surface area contributed by atoms with Crippen molar-refractivity contribution in [3.63, 3.8) is 0 Å². The van der Waals surface area contributed by atoms with Gasteiger partial charge in [-0.3, -0.25) is 0 Å². The molecule has 1 N–H and O–H groups in total. The highest BCUT2D eigenvalue weighted by Gasteiger charge is 2.16. The Labute approximate surface area is 122 Å². The first-order valence-corrected chi connectivity index (χ1v) is 9.37. The molecule has 0 fully saturated rings. The molecular weight excluding hydrogens is 270 g/mol. The molecule has 0 aromatic heterocycles. The number of rotatable bonds is 7. The van der Waals surface area contributed by atoms with Crippen LogP contribution in [0.4, 0.5) is 0 Å². The monoisotopic (exact) mass is 295 g/mol. The lowest BCUT2D eigenvalue weighted by Gasteiger charge is -2.17. The van der Waals surface area contributed by atoms with Crippen LogP contribution in [0.15, 0.2) is 18.2 Å². The maximum absolute atomic E-state index is 11.5. The molecule has 0 spiro atoms. The van der Waals surface area contributed by atoms with Crippen LogP contribution >= 0.6 is 0 Å². The first kappa shape index (κ1) is 15.5. The SMILES string of the molecule is CCS(=O)(=O)CCCC(NC)c1ccc2c(c1)CCC2. The summed E-state index contributed by atoms with van der Waals surface area (Å²) in [6.45, 7) is 1.71. The van der Waals surface area contributed by atoms with Gasteiger partial charge in [-0.15, -0.1) is 0 Å². The predicted molar refractivity (Wildman–Crippen MR) is 83.8 cm³/mol. The molecule has 1 aliphatic rings. The van der Waals surface area contributed by atoms with E-state index in [0.29, 0.717) is 5.75 Å². The van der Waals surface area contributed by atoms with Crippen molar-refractivity contribution in [2.75, 3.05) is 18.6 Å². The largest absolute Gasteiger partial charge is 0.313 e. The van der Waals surface area contributed by atoms with Gasteiger partial charge < -0.3 is 5.32 Å². The lowest BCUT2D eigenvalue weighted by molar-refractivity contribution is 0.535. The van der Waals surface area contributed by atoms with Gasteiger partial charge in [0.15, 0.2) is 0 Å². The minimum Gasteiger partial charge on any atom is -0.313 e. The zero-order valence-electron chi connectivity index (χ0n) is 12.5. The van der Waals surface area contributed by atoms with Gasteiger partial charge in [-0.2, -0.15) is 0 Å². The van der Waals surface area contributed by atoms with E-state index < -0.39 is 9.84 Å². The zero-order valence-corrected chi connectivity index (χ0v) is 13.3. The Bertz CT molecular complexity index is 552. The molecule has 0 radical (unpaired) electrons. The van der Waals surface area contributed by atoms with Gasteiger partial charge in [0.25, 0.3) is 0 Å². The van der Waals surface area contributed by atoms with Gasteiger partial charge in [0.1, 0.15) is 9.84 Å². The van der Waals surface area contributed by atoms with Crippen LogP contribution in [0, 0.1) is 0 Å². The van der Waals surface area contributed by atoms with E-state index in [0.717, 1.165) is 12.8 Å². The van der Waals surface area contributed by atoms with Crippen LogP contribution in [0.2, 0.25) is 0 Å². The van der Waals surface area contributed by atoms with Crippen molar-refractivity contribution >= 4 is 9.84 Å². The van der Waals surface area contributed by atoms with E-state index in [2.05, 4.69) is 23.5 Å². The lowest BCUT2D eigenvalue weighted by Crippen LogP contribution is -2.18. The molecule has 3 nitrogen and oxygen atoms in total. The Morgan fingerprint density at radius 3 is 2.70 bits per heavy atom. The fourth-order valence-corrected chi connectivity index (χ4v) is 3.83. The molecule has 4 heteroatoms. The zero-order chi connectivity index (χ0) is 14.6. The second-order valence-electron chi connectivity index (χ2n) is 5.60. The molecule has 0 heterocycles. The standard InChI is InChI=1S/C16H25NO2S/c1-3-20(18,19)11-5-8-16(17-2)15-10-9-13-6-4-7-14(13)12-15/h9-10,12,16-17H,3-8,11H2,1-2H3. The van der Waals surface area contributed by atoms with Crippen molar-refractivity contribution in [3.8, 4) is 0 Å². The molecule has 1 atom stereocenters. The van der Waals surface area contributed by atoms with Gasteiger partial charge >= 0.3 is 0 Å². The van der Waals surface area contributed by atoms with Crippen LogP contribution < -0.4 is 5.32 Å². The Hall–Kier alpha value is -0.870. The van der Waals surface area contributed by atoms with Crippen molar-refractivity contribution in [2.24, 2.45) is 0 Å². The molecular formula is C16H25NO2S. The third kappa shape index (κ3) is 3.83. The number of fused-ring (bicyclic) bond motifs is 1. The van der Waals surface area contributed by atoms with Crippen molar-refractivity contribution in [3.05, 3.63) is 34.9 Å². The Balaban J connectivity index is 1.98. The van der Waals surface area contributed by atoms with Crippen LogP contribution in [0.3, 0.4) is 0 Å². The van der Waals surface area contributed by atoms with E-state index in [1.807, 2.05) is 7.05 Å². The highest BCUT2D eigenvalue weighted by molar-refractivity contribution is 7.91. The van der Waals surface area contributed by atoms with Crippen LogP contribution in [0.25, 0.3) is 0 Å². The van der Waals surface area contributed by atoms with E-state index in [-0.39, 0.29) is 11.8 Å². The molecule has 0 saturated heterocycles. The van der Waals surface area contributed by atoms with E-state index in [1.54, 1.807) is 6.92 Å². The van der Waals surface area contributed by atoms with E-state index >= 15 is 0 Å². The van der Waals surface area contributed by atoms with Gasteiger partial charge in [-0.1, -0.05) is 25.1 Å². The number of hydrogen-bond acceptors (Lipinski definition) is 3. The molecule has 1 unspecified atom stereocenters. The third-order valence-corrected chi connectivity index (χ3v) is 6.05.